The van der Waals surface area contributed by atoms with Crippen LogP contribution in [0.2, 0.25) is 5.02 Å². The maximum Gasteiger partial charge on any atom is 0.329 e. The van der Waals surface area contributed by atoms with Gasteiger partial charge in [0.1, 0.15) is 11.9 Å². The molecule has 0 fully saturated rings. The van der Waals surface area contributed by atoms with Gasteiger partial charge in [-0.15, -0.1) is 0 Å². The lowest BCUT2D eigenvalue weighted by molar-refractivity contribution is -0.151. The largest absolute Gasteiger partial charge is 0.454 e. The fraction of sp³-hybridized carbons (Fsp3) is 0.286. The monoisotopic (exact) mass is 420 g/mol. The molecule has 2 aromatic carbocycles. The number of amides is 2. The zero-order chi connectivity index (χ0) is 21.4. The Kier molecular flexibility index (Phi) is 8.15. The maximum atomic E-state index is 13.8. The van der Waals surface area contributed by atoms with Crippen LogP contribution in [0.25, 0.3) is 0 Å². The molecule has 0 aliphatic carbocycles. The van der Waals surface area contributed by atoms with E-state index in [9.17, 15) is 18.8 Å². The third-order valence-electron chi connectivity index (χ3n) is 4.07. The highest BCUT2D eigenvalue weighted by Gasteiger charge is 2.27. The van der Waals surface area contributed by atoms with Gasteiger partial charge in [0.05, 0.1) is 5.56 Å². The summed E-state index contributed by atoms with van der Waals surface area (Å²) in [6.45, 7) is 3.17. The molecule has 0 aliphatic heterocycles. The highest BCUT2D eigenvalue weighted by atomic mass is 35.5. The molecule has 2 amide bonds. The van der Waals surface area contributed by atoms with Gasteiger partial charge in [0.15, 0.2) is 6.61 Å². The van der Waals surface area contributed by atoms with Gasteiger partial charge in [-0.3, -0.25) is 9.59 Å². The van der Waals surface area contributed by atoms with Crippen LogP contribution in [-0.4, -0.2) is 30.4 Å². The molecule has 29 heavy (non-hydrogen) atoms. The molecule has 1 atom stereocenters. The van der Waals surface area contributed by atoms with Gasteiger partial charge in [-0.1, -0.05) is 49.7 Å². The van der Waals surface area contributed by atoms with Gasteiger partial charge in [0.25, 0.3) is 11.8 Å². The highest BCUT2D eigenvalue weighted by Crippen LogP contribution is 2.11. The highest BCUT2D eigenvalue weighted by molar-refractivity contribution is 6.30. The quantitative estimate of drug-likeness (QED) is 0.643. The summed E-state index contributed by atoms with van der Waals surface area (Å²) in [5.41, 5.74) is 0.665. The van der Waals surface area contributed by atoms with E-state index in [0.29, 0.717) is 5.02 Å². The van der Waals surface area contributed by atoms with Gasteiger partial charge in [-0.2, -0.15) is 0 Å². The van der Waals surface area contributed by atoms with Crippen molar-refractivity contribution in [2.75, 3.05) is 6.61 Å². The van der Waals surface area contributed by atoms with Crippen LogP contribution in [0.4, 0.5) is 4.39 Å². The SMILES string of the molecule is CC(C)[C@H](NC(=O)c1ccccc1F)C(=O)OCC(=O)NCc1ccc(Cl)cc1. The molecule has 0 saturated heterocycles. The molecule has 0 bridgehead atoms. The normalized spacial score (nSPS) is 11.6. The van der Waals surface area contributed by atoms with Crippen molar-refractivity contribution in [2.24, 2.45) is 5.92 Å². The van der Waals surface area contributed by atoms with Crippen LogP contribution in [0.15, 0.2) is 48.5 Å². The molecular weight excluding hydrogens is 399 g/mol. The Bertz CT molecular complexity index is 871. The minimum atomic E-state index is -1.02. The Hall–Kier alpha value is -2.93. The second-order valence-electron chi connectivity index (χ2n) is 6.69. The van der Waals surface area contributed by atoms with Gasteiger partial charge < -0.3 is 15.4 Å². The van der Waals surface area contributed by atoms with Crippen LogP contribution in [-0.2, 0) is 20.9 Å². The van der Waals surface area contributed by atoms with E-state index in [1.165, 1.54) is 18.2 Å². The van der Waals surface area contributed by atoms with E-state index in [2.05, 4.69) is 10.6 Å². The van der Waals surface area contributed by atoms with Crippen molar-refractivity contribution in [1.82, 2.24) is 10.6 Å². The predicted octanol–water partition coefficient (Wildman–Crippen LogP) is 3.09. The third kappa shape index (κ3) is 6.87. The Morgan fingerprint density at radius 3 is 2.34 bits per heavy atom. The molecule has 2 N–H and O–H groups in total. The lowest BCUT2D eigenvalue weighted by atomic mass is 10.0. The van der Waals surface area contributed by atoms with E-state index in [1.54, 1.807) is 38.1 Å². The first-order chi connectivity index (χ1) is 13.8. The van der Waals surface area contributed by atoms with Crippen molar-refractivity contribution in [2.45, 2.75) is 26.4 Å². The standard InChI is InChI=1S/C21H22ClFN2O4/c1-13(2)19(25-20(27)16-5-3-4-6-17(16)23)21(28)29-12-18(26)24-11-14-7-9-15(22)10-8-14/h3-10,13,19H,11-12H2,1-2H3,(H,24,26)(H,25,27)/t19-/m0/s1. The molecular formula is C21H22ClFN2O4. The van der Waals surface area contributed by atoms with Gasteiger partial charge >= 0.3 is 5.97 Å². The molecule has 8 heteroatoms. The fourth-order valence-corrected chi connectivity index (χ4v) is 2.57. The lowest BCUT2D eigenvalue weighted by Gasteiger charge is -2.21. The van der Waals surface area contributed by atoms with Crippen LogP contribution < -0.4 is 10.6 Å². The molecule has 0 saturated carbocycles. The number of benzene rings is 2. The Morgan fingerprint density at radius 2 is 1.72 bits per heavy atom. The summed E-state index contributed by atoms with van der Waals surface area (Å²) in [5.74, 6) is -3.01. The average Bonchev–Trinajstić information content (AvgIpc) is 2.69. The molecule has 2 rings (SSSR count). The van der Waals surface area contributed by atoms with E-state index in [4.69, 9.17) is 16.3 Å². The molecule has 0 heterocycles. The van der Waals surface area contributed by atoms with E-state index in [0.717, 1.165) is 11.6 Å². The number of carbonyl (C=O) groups excluding carboxylic acids is 3. The second-order valence-corrected chi connectivity index (χ2v) is 7.12. The van der Waals surface area contributed by atoms with Crippen LogP contribution in [0.5, 0.6) is 0 Å². The first-order valence-electron chi connectivity index (χ1n) is 9.01. The van der Waals surface area contributed by atoms with Crippen LogP contribution >= 0.6 is 11.6 Å². The van der Waals surface area contributed by atoms with Crippen LogP contribution in [0.3, 0.4) is 0 Å². The summed E-state index contributed by atoms with van der Waals surface area (Å²) >= 11 is 5.80. The number of carbonyl (C=O) groups is 3. The molecule has 0 radical (unpaired) electrons. The number of halogens is 2. The van der Waals surface area contributed by atoms with Gasteiger partial charge in [-0.25, -0.2) is 9.18 Å². The van der Waals surface area contributed by atoms with E-state index < -0.39 is 36.2 Å². The lowest BCUT2D eigenvalue weighted by Crippen LogP contribution is -2.46. The molecule has 2 aromatic rings. The van der Waals surface area contributed by atoms with Crippen molar-refractivity contribution in [3.8, 4) is 0 Å². The number of esters is 1. The molecule has 0 aromatic heterocycles. The number of rotatable bonds is 8. The summed E-state index contributed by atoms with van der Waals surface area (Å²) in [5, 5.41) is 5.67. The Balaban J connectivity index is 1.87. The Labute approximate surface area is 173 Å². The molecule has 6 nitrogen and oxygen atoms in total. The summed E-state index contributed by atoms with van der Waals surface area (Å²) < 4.78 is 18.8. The van der Waals surface area contributed by atoms with E-state index >= 15 is 0 Å². The molecule has 154 valence electrons. The third-order valence-corrected chi connectivity index (χ3v) is 4.33. The van der Waals surface area contributed by atoms with E-state index in [1.807, 2.05) is 0 Å². The number of hydrogen-bond donors (Lipinski definition) is 2. The fourth-order valence-electron chi connectivity index (χ4n) is 2.44. The van der Waals surface area contributed by atoms with E-state index in [-0.39, 0.29) is 18.0 Å². The van der Waals surface area contributed by atoms with Crippen molar-refractivity contribution < 1.29 is 23.5 Å². The zero-order valence-electron chi connectivity index (χ0n) is 16.1. The smallest absolute Gasteiger partial charge is 0.329 e. The maximum absolute atomic E-state index is 13.8. The summed E-state index contributed by atoms with van der Waals surface area (Å²) in [4.78, 5) is 36.5. The van der Waals surface area contributed by atoms with Gasteiger partial charge in [-0.05, 0) is 35.7 Å². The molecule has 0 unspecified atom stereocenters. The average molecular weight is 421 g/mol. The predicted molar refractivity (Wildman–Crippen MR) is 107 cm³/mol. The molecule has 0 aliphatic rings. The van der Waals surface area contributed by atoms with Crippen LogP contribution in [0.1, 0.15) is 29.8 Å². The summed E-state index contributed by atoms with van der Waals surface area (Å²) in [6.07, 6.45) is 0. The topological polar surface area (TPSA) is 84.5 Å². The van der Waals surface area contributed by atoms with Crippen molar-refractivity contribution in [3.63, 3.8) is 0 Å². The first-order valence-corrected chi connectivity index (χ1v) is 9.39. The number of ether oxygens (including phenoxy) is 1. The van der Waals surface area contributed by atoms with Crippen LogP contribution in [0, 0.1) is 11.7 Å². The zero-order valence-corrected chi connectivity index (χ0v) is 16.8. The summed E-state index contributed by atoms with van der Waals surface area (Å²) in [7, 11) is 0. The molecule has 0 spiro atoms. The number of hydrogen-bond acceptors (Lipinski definition) is 4. The van der Waals surface area contributed by atoms with Gasteiger partial charge in [0, 0.05) is 11.6 Å². The minimum absolute atomic E-state index is 0.174. The second kappa shape index (κ2) is 10.6. The number of nitrogens with one attached hydrogen (secondary N) is 2. The van der Waals surface area contributed by atoms with Crippen molar-refractivity contribution in [3.05, 3.63) is 70.5 Å². The Morgan fingerprint density at radius 1 is 1.07 bits per heavy atom. The van der Waals surface area contributed by atoms with Gasteiger partial charge in [0.2, 0.25) is 0 Å². The summed E-state index contributed by atoms with van der Waals surface area (Å²) in [6, 6.07) is 11.4. The van der Waals surface area contributed by atoms with Crippen molar-refractivity contribution >= 4 is 29.4 Å². The first kappa shape index (κ1) is 22.4. The van der Waals surface area contributed by atoms with Crippen molar-refractivity contribution in [1.29, 1.82) is 0 Å². The minimum Gasteiger partial charge on any atom is -0.454 e.